The Labute approximate surface area is 175 Å². The van der Waals surface area contributed by atoms with Crippen molar-refractivity contribution in [3.05, 3.63) is 51.2 Å². The molecule has 2 aromatic rings. The third kappa shape index (κ3) is 6.34. The zero-order valence-corrected chi connectivity index (χ0v) is 18.5. The summed E-state index contributed by atoms with van der Waals surface area (Å²) in [5.74, 6) is 2.09. The van der Waals surface area contributed by atoms with Gasteiger partial charge in [-0.05, 0) is 45.4 Å². The van der Waals surface area contributed by atoms with Crippen LogP contribution in [0, 0.1) is 13.8 Å². The lowest BCUT2D eigenvalue weighted by molar-refractivity contribution is 0.472. The highest BCUT2D eigenvalue weighted by atomic mass is 127. The van der Waals surface area contributed by atoms with Crippen LogP contribution in [0.1, 0.15) is 42.8 Å². The summed E-state index contributed by atoms with van der Waals surface area (Å²) in [5.41, 5.74) is 1.84. The average Bonchev–Trinajstić information content (AvgIpc) is 2.83. The van der Waals surface area contributed by atoms with Crippen molar-refractivity contribution in [2.24, 2.45) is 4.99 Å². The minimum Gasteiger partial charge on any atom is -0.444 e. The molecule has 25 heavy (non-hydrogen) atoms. The molecule has 0 fully saturated rings. The Hall–Kier alpha value is -0.990. The van der Waals surface area contributed by atoms with E-state index in [1.54, 1.807) is 6.07 Å². The molecule has 8 heteroatoms. The maximum Gasteiger partial charge on any atom is 0.216 e. The molecule has 0 aliphatic heterocycles. The fourth-order valence-electron chi connectivity index (χ4n) is 2.21. The van der Waals surface area contributed by atoms with Crippen LogP contribution >= 0.6 is 47.2 Å². The Morgan fingerprint density at radius 3 is 2.60 bits per heavy atom. The van der Waals surface area contributed by atoms with Crippen LogP contribution in [0.4, 0.5) is 0 Å². The van der Waals surface area contributed by atoms with Crippen molar-refractivity contribution in [1.29, 1.82) is 0 Å². The fourth-order valence-corrected chi connectivity index (χ4v) is 2.78. The second kappa shape index (κ2) is 10.2. The molecule has 1 atom stereocenters. The Balaban J connectivity index is 0.00000312. The van der Waals surface area contributed by atoms with Crippen molar-refractivity contribution in [2.45, 2.75) is 40.3 Å². The zero-order chi connectivity index (χ0) is 17.7. The van der Waals surface area contributed by atoms with E-state index >= 15 is 0 Å². The van der Waals surface area contributed by atoms with Gasteiger partial charge in [-0.2, -0.15) is 0 Å². The minimum atomic E-state index is -0.0272. The number of benzene rings is 1. The van der Waals surface area contributed by atoms with Crippen molar-refractivity contribution < 1.29 is 4.42 Å². The van der Waals surface area contributed by atoms with Crippen LogP contribution in [-0.2, 0) is 6.54 Å². The van der Waals surface area contributed by atoms with Crippen LogP contribution in [0.15, 0.2) is 27.6 Å². The third-order valence-corrected chi connectivity index (χ3v) is 4.13. The molecule has 0 aliphatic carbocycles. The molecule has 0 saturated carbocycles. The second-order valence-corrected chi connectivity index (χ2v) is 6.32. The standard InChI is InChI=1S/C17H22Cl2N4O.HI/c1-5-20-17(21-9-16-22-10(2)12(4)24-16)23-11(3)14-7-6-13(18)8-15(14)19;/h6-8,11H,5,9H2,1-4H3,(H2,20,21,23);1H. The number of nitrogens with one attached hydrogen (secondary N) is 2. The summed E-state index contributed by atoms with van der Waals surface area (Å²) in [6, 6.07) is 5.44. The van der Waals surface area contributed by atoms with E-state index in [1.165, 1.54) is 0 Å². The zero-order valence-electron chi connectivity index (χ0n) is 14.7. The predicted molar refractivity (Wildman–Crippen MR) is 114 cm³/mol. The Bertz CT molecular complexity index is 714. The van der Waals surface area contributed by atoms with Gasteiger partial charge < -0.3 is 15.1 Å². The summed E-state index contributed by atoms with van der Waals surface area (Å²) in [4.78, 5) is 8.86. The topological polar surface area (TPSA) is 62.5 Å². The molecule has 0 radical (unpaired) electrons. The van der Waals surface area contributed by atoms with Gasteiger partial charge >= 0.3 is 0 Å². The van der Waals surface area contributed by atoms with Gasteiger partial charge in [0, 0.05) is 16.6 Å². The molecule has 2 N–H and O–H groups in total. The highest BCUT2D eigenvalue weighted by molar-refractivity contribution is 14.0. The number of halogens is 3. The van der Waals surface area contributed by atoms with Gasteiger partial charge in [-0.15, -0.1) is 24.0 Å². The first-order chi connectivity index (χ1) is 11.4. The van der Waals surface area contributed by atoms with Crippen LogP contribution in [-0.4, -0.2) is 17.5 Å². The van der Waals surface area contributed by atoms with E-state index in [0.29, 0.717) is 28.4 Å². The van der Waals surface area contributed by atoms with Gasteiger partial charge in [0.25, 0.3) is 0 Å². The molecular weight excluding hydrogens is 474 g/mol. The number of hydrogen-bond donors (Lipinski definition) is 2. The predicted octanol–water partition coefficient (Wildman–Crippen LogP) is 5.03. The van der Waals surface area contributed by atoms with E-state index in [9.17, 15) is 0 Å². The summed E-state index contributed by atoms with van der Waals surface area (Å²) in [5, 5.41) is 7.77. The lowest BCUT2D eigenvalue weighted by Crippen LogP contribution is -2.38. The van der Waals surface area contributed by atoms with Gasteiger partial charge in [-0.3, -0.25) is 0 Å². The Morgan fingerprint density at radius 1 is 1.32 bits per heavy atom. The highest BCUT2D eigenvalue weighted by Crippen LogP contribution is 2.26. The largest absolute Gasteiger partial charge is 0.444 e. The minimum absolute atomic E-state index is 0. The van der Waals surface area contributed by atoms with Gasteiger partial charge in [-0.25, -0.2) is 9.98 Å². The second-order valence-electron chi connectivity index (χ2n) is 5.48. The number of guanidine groups is 1. The summed E-state index contributed by atoms with van der Waals surface area (Å²) in [7, 11) is 0. The van der Waals surface area contributed by atoms with Crippen LogP contribution in [0.25, 0.3) is 0 Å². The molecule has 1 aromatic heterocycles. The van der Waals surface area contributed by atoms with E-state index in [-0.39, 0.29) is 30.0 Å². The Kier molecular flexibility index (Phi) is 9.02. The maximum atomic E-state index is 6.27. The van der Waals surface area contributed by atoms with Gasteiger partial charge in [0.15, 0.2) is 5.96 Å². The number of aryl methyl sites for hydroxylation is 2. The van der Waals surface area contributed by atoms with E-state index in [0.717, 1.165) is 23.6 Å². The van der Waals surface area contributed by atoms with E-state index < -0.39 is 0 Å². The number of aromatic nitrogens is 1. The van der Waals surface area contributed by atoms with E-state index in [1.807, 2.05) is 39.8 Å². The molecule has 1 aromatic carbocycles. The number of nitrogens with zero attached hydrogens (tertiary/aromatic N) is 2. The third-order valence-electron chi connectivity index (χ3n) is 3.57. The molecule has 1 heterocycles. The van der Waals surface area contributed by atoms with Gasteiger partial charge in [-0.1, -0.05) is 29.3 Å². The van der Waals surface area contributed by atoms with E-state index in [2.05, 4.69) is 20.6 Å². The Morgan fingerprint density at radius 2 is 2.04 bits per heavy atom. The normalized spacial score (nSPS) is 12.5. The summed E-state index contributed by atoms with van der Waals surface area (Å²) in [6.45, 7) is 8.95. The lowest BCUT2D eigenvalue weighted by atomic mass is 10.1. The molecule has 0 amide bonds. The average molecular weight is 497 g/mol. The molecular formula is C17H23Cl2IN4O. The first-order valence-electron chi connectivity index (χ1n) is 7.83. The summed E-state index contributed by atoms with van der Waals surface area (Å²) >= 11 is 12.2. The van der Waals surface area contributed by atoms with Crippen LogP contribution in [0.5, 0.6) is 0 Å². The summed E-state index contributed by atoms with van der Waals surface area (Å²) in [6.07, 6.45) is 0. The van der Waals surface area contributed by atoms with Crippen LogP contribution in [0.2, 0.25) is 10.0 Å². The molecule has 5 nitrogen and oxygen atoms in total. The molecule has 0 bridgehead atoms. The fraction of sp³-hybridized carbons (Fsp3) is 0.412. The molecule has 138 valence electrons. The van der Waals surface area contributed by atoms with Crippen molar-refractivity contribution in [2.75, 3.05) is 6.54 Å². The van der Waals surface area contributed by atoms with Crippen LogP contribution in [0.3, 0.4) is 0 Å². The van der Waals surface area contributed by atoms with Gasteiger partial charge in [0.1, 0.15) is 12.3 Å². The molecule has 2 rings (SSSR count). The number of aliphatic imine (C=N–C) groups is 1. The molecule has 0 aliphatic rings. The molecule has 0 spiro atoms. The quantitative estimate of drug-likeness (QED) is 0.346. The summed E-state index contributed by atoms with van der Waals surface area (Å²) < 4.78 is 5.56. The first-order valence-corrected chi connectivity index (χ1v) is 8.59. The smallest absolute Gasteiger partial charge is 0.216 e. The number of hydrogen-bond acceptors (Lipinski definition) is 3. The lowest BCUT2D eigenvalue weighted by Gasteiger charge is -2.19. The number of rotatable bonds is 5. The van der Waals surface area contributed by atoms with Crippen molar-refractivity contribution in [3.63, 3.8) is 0 Å². The first kappa shape index (κ1) is 22.1. The number of oxazole rings is 1. The molecule has 0 saturated heterocycles. The van der Waals surface area contributed by atoms with Crippen LogP contribution < -0.4 is 10.6 Å². The molecule has 1 unspecified atom stereocenters. The van der Waals surface area contributed by atoms with Gasteiger partial charge in [0.2, 0.25) is 5.89 Å². The van der Waals surface area contributed by atoms with E-state index in [4.69, 9.17) is 27.6 Å². The maximum absolute atomic E-state index is 6.27. The highest BCUT2D eigenvalue weighted by Gasteiger charge is 2.12. The van der Waals surface area contributed by atoms with Crippen molar-refractivity contribution in [3.8, 4) is 0 Å². The monoisotopic (exact) mass is 496 g/mol. The van der Waals surface area contributed by atoms with Crippen molar-refractivity contribution in [1.82, 2.24) is 15.6 Å². The van der Waals surface area contributed by atoms with Crippen molar-refractivity contribution >= 4 is 53.1 Å². The SMILES string of the molecule is CCNC(=NCc1nc(C)c(C)o1)NC(C)c1ccc(Cl)cc1Cl.I. The van der Waals surface area contributed by atoms with Gasteiger partial charge in [0.05, 0.1) is 11.7 Å².